The summed E-state index contributed by atoms with van der Waals surface area (Å²) in [7, 11) is 1.58. The molecule has 1 aromatic carbocycles. The van der Waals surface area contributed by atoms with Gasteiger partial charge in [0.1, 0.15) is 5.82 Å². The van der Waals surface area contributed by atoms with E-state index in [0.29, 0.717) is 13.0 Å². The molecule has 0 saturated carbocycles. The molecule has 2 atom stereocenters. The van der Waals surface area contributed by atoms with Gasteiger partial charge in [-0.1, -0.05) is 19.1 Å². The van der Waals surface area contributed by atoms with Gasteiger partial charge in [0, 0.05) is 25.7 Å². The van der Waals surface area contributed by atoms with Crippen LogP contribution in [0.2, 0.25) is 0 Å². The van der Waals surface area contributed by atoms with Crippen LogP contribution in [-0.4, -0.2) is 25.5 Å². The van der Waals surface area contributed by atoms with Crippen molar-refractivity contribution in [2.24, 2.45) is 11.7 Å². The topological polar surface area (TPSA) is 52.3 Å². The molecule has 2 unspecified atom stereocenters. The third kappa shape index (κ3) is 3.61. The molecular weight excluding hydrogens is 221 g/mol. The Labute approximate surface area is 101 Å². The van der Waals surface area contributed by atoms with Crippen LogP contribution in [0.1, 0.15) is 23.7 Å². The number of ketones is 1. The molecule has 0 heterocycles. The summed E-state index contributed by atoms with van der Waals surface area (Å²) in [4.78, 5) is 12.0. The number of halogens is 1. The van der Waals surface area contributed by atoms with Crippen LogP contribution in [0, 0.1) is 11.7 Å². The van der Waals surface area contributed by atoms with Crippen molar-refractivity contribution < 1.29 is 13.9 Å². The third-order valence-corrected chi connectivity index (χ3v) is 2.85. The summed E-state index contributed by atoms with van der Waals surface area (Å²) in [6.45, 7) is 2.21. The van der Waals surface area contributed by atoms with E-state index in [1.807, 2.05) is 0 Å². The van der Waals surface area contributed by atoms with Gasteiger partial charge in [-0.15, -0.1) is 0 Å². The predicted molar refractivity (Wildman–Crippen MR) is 64.4 cm³/mol. The minimum absolute atomic E-state index is 0.105. The Kier molecular flexibility index (Phi) is 5.25. The van der Waals surface area contributed by atoms with Crippen molar-refractivity contribution in [2.45, 2.75) is 19.4 Å². The maximum Gasteiger partial charge on any atom is 0.170 e. The Bertz CT molecular complexity index is 381. The second-order valence-electron chi connectivity index (χ2n) is 4.08. The smallest absolute Gasteiger partial charge is 0.170 e. The van der Waals surface area contributed by atoms with E-state index in [-0.39, 0.29) is 17.4 Å². The van der Waals surface area contributed by atoms with E-state index in [0.717, 1.165) is 0 Å². The van der Waals surface area contributed by atoms with E-state index in [4.69, 9.17) is 10.5 Å². The van der Waals surface area contributed by atoms with Crippen LogP contribution in [0.5, 0.6) is 0 Å². The lowest BCUT2D eigenvalue weighted by Crippen LogP contribution is -2.35. The lowest BCUT2D eigenvalue weighted by Gasteiger charge is -2.18. The van der Waals surface area contributed by atoms with E-state index in [2.05, 4.69) is 0 Å². The fourth-order valence-corrected chi connectivity index (χ4v) is 1.60. The van der Waals surface area contributed by atoms with Gasteiger partial charge < -0.3 is 10.5 Å². The molecule has 0 bridgehead atoms. The number of methoxy groups -OCH3 is 1. The van der Waals surface area contributed by atoms with Gasteiger partial charge in [-0.3, -0.25) is 4.79 Å². The van der Waals surface area contributed by atoms with E-state index in [1.165, 1.54) is 12.1 Å². The zero-order valence-corrected chi connectivity index (χ0v) is 10.2. The molecule has 0 aliphatic rings. The molecular formula is C13H18FNO2. The molecule has 0 fully saturated rings. The molecule has 1 rings (SSSR count). The summed E-state index contributed by atoms with van der Waals surface area (Å²) in [5.74, 6) is -1.17. The van der Waals surface area contributed by atoms with Crippen molar-refractivity contribution in [3.63, 3.8) is 0 Å². The number of hydrogen-bond donors (Lipinski definition) is 1. The summed E-state index contributed by atoms with van der Waals surface area (Å²) in [6, 6.07) is 5.64. The highest BCUT2D eigenvalue weighted by Crippen LogP contribution is 2.16. The van der Waals surface area contributed by atoms with E-state index < -0.39 is 11.7 Å². The summed E-state index contributed by atoms with van der Waals surface area (Å²) in [5, 5.41) is 0. The van der Waals surface area contributed by atoms with Gasteiger partial charge >= 0.3 is 0 Å². The average Bonchev–Trinajstić information content (AvgIpc) is 2.34. The number of benzene rings is 1. The summed E-state index contributed by atoms with van der Waals surface area (Å²) >= 11 is 0. The molecule has 0 spiro atoms. The quantitative estimate of drug-likeness (QED) is 0.772. The monoisotopic (exact) mass is 239 g/mol. The molecule has 0 radical (unpaired) electrons. The fourth-order valence-electron chi connectivity index (χ4n) is 1.60. The number of nitrogens with two attached hydrogens (primary N) is 1. The second-order valence-corrected chi connectivity index (χ2v) is 4.08. The number of carbonyl (C=O) groups excluding carboxylic acids is 1. The first-order valence-electron chi connectivity index (χ1n) is 5.61. The molecule has 0 saturated heterocycles. The van der Waals surface area contributed by atoms with Crippen molar-refractivity contribution in [3.05, 3.63) is 35.6 Å². The van der Waals surface area contributed by atoms with Gasteiger partial charge in [-0.2, -0.15) is 0 Å². The SMILES string of the molecule is COCCC(N)C(C)C(=O)c1ccccc1F. The van der Waals surface area contributed by atoms with Gasteiger partial charge in [-0.25, -0.2) is 4.39 Å². The number of hydrogen-bond acceptors (Lipinski definition) is 3. The molecule has 2 N–H and O–H groups in total. The molecule has 17 heavy (non-hydrogen) atoms. The maximum absolute atomic E-state index is 13.4. The van der Waals surface area contributed by atoms with Gasteiger partial charge in [-0.05, 0) is 18.6 Å². The number of ether oxygens (including phenoxy) is 1. The fraction of sp³-hybridized carbons (Fsp3) is 0.462. The normalized spacial score (nSPS) is 14.4. The Morgan fingerprint density at radius 1 is 1.47 bits per heavy atom. The molecule has 3 nitrogen and oxygen atoms in total. The van der Waals surface area contributed by atoms with Crippen LogP contribution < -0.4 is 5.73 Å². The standard InChI is InChI=1S/C13H18FNO2/c1-9(12(15)7-8-17-2)13(16)10-5-3-4-6-11(10)14/h3-6,9,12H,7-8,15H2,1-2H3. The third-order valence-electron chi connectivity index (χ3n) is 2.85. The Morgan fingerprint density at radius 3 is 2.71 bits per heavy atom. The molecule has 4 heteroatoms. The van der Waals surface area contributed by atoms with Gasteiger partial charge in [0.05, 0.1) is 5.56 Å². The van der Waals surface area contributed by atoms with Gasteiger partial charge in [0.25, 0.3) is 0 Å². The van der Waals surface area contributed by atoms with Crippen LogP contribution in [0.25, 0.3) is 0 Å². The van der Waals surface area contributed by atoms with E-state index in [1.54, 1.807) is 26.2 Å². The largest absolute Gasteiger partial charge is 0.385 e. The minimum atomic E-state index is -0.497. The molecule has 0 aliphatic carbocycles. The Balaban J connectivity index is 2.73. The molecule has 0 aliphatic heterocycles. The first-order chi connectivity index (χ1) is 8.07. The van der Waals surface area contributed by atoms with Crippen molar-refractivity contribution in [1.82, 2.24) is 0 Å². The average molecular weight is 239 g/mol. The van der Waals surface area contributed by atoms with Crippen LogP contribution in [0.4, 0.5) is 4.39 Å². The molecule has 0 aromatic heterocycles. The highest BCUT2D eigenvalue weighted by molar-refractivity contribution is 5.98. The maximum atomic E-state index is 13.4. The first-order valence-corrected chi connectivity index (χ1v) is 5.61. The lowest BCUT2D eigenvalue weighted by atomic mass is 9.91. The zero-order chi connectivity index (χ0) is 12.8. The van der Waals surface area contributed by atoms with Gasteiger partial charge in [0.15, 0.2) is 5.78 Å². The summed E-state index contributed by atoms with van der Waals surface area (Å²) in [6.07, 6.45) is 0.581. The highest BCUT2D eigenvalue weighted by atomic mass is 19.1. The number of carbonyl (C=O) groups is 1. The van der Waals surface area contributed by atoms with Crippen molar-refractivity contribution in [1.29, 1.82) is 0 Å². The van der Waals surface area contributed by atoms with Crippen LogP contribution in [-0.2, 0) is 4.74 Å². The van der Waals surface area contributed by atoms with Crippen LogP contribution in [0.15, 0.2) is 24.3 Å². The van der Waals surface area contributed by atoms with Crippen molar-refractivity contribution in [3.8, 4) is 0 Å². The van der Waals surface area contributed by atoms with E-state index >= 15 is 0 Å². The number of rotatable bonds is 6. The number of Topliss-reactive ketones (excluding diaryl/α,β-unsaturated/α-hetero) is 1. The first kappa shape index (κ1) is 13.8. The van der Waals surface area contributed by atoms with Gasteiger partial charge in [0.2, 0.25) is 0 Å². The molecule has 94 valence electrons. The zero-order valence-electron chi connectivity index (χ0n) is 10.2. The van der Waals surface area contributed by atoms with Crippen LogP contribution in [0.3, 0.4) is 0 Å². The van der Waals surface area contributed by atoms with Crippen molar-refractivity contribution in [2.75, 3.05) is 13.7 Å². The lowest BCUT2D eigenvalue weighted by molar-refractivity contribution is 0.0894. The van der Waals surface area contributed by atoms with Crippen LogP contribution >= 0.6 is 0 Å². The predicted octanol–water partition coefficient (Wildman–Crippen LogP) is 2.01. The summed E-state index contributed by atoms with van der Waals surface area (Å²) < 4.78 is 18.3. The van der Waals surface area contributed by atoms with E-state index in [9.17, 15) is 9.18 Å². The Hall–Kier alpha value is -1.26. The second kappa shape index (κ2) is 6.47. The molecule has 0 amide bonds. The van der Waals surface area contributed by atoms with Crippen molar-refractivity contribution >= 4 is 5.78 Å². The highest BCUT2D eigenvalue weighted by Gasteiger charge is 2.23. The Morgan fingerprint density at radius 2 is 2.12 bits per heavy atom. The minimum Gasteiger partial charge on any atom is -0.385 e. The summed E-state index contributed by atoms with van der Waals surface area (Å²) in [5.41, 5.74) is 5.97. The molecule has 1 aromatic rings.